The SMILES string of the molecule is CCOc1cc(Br)c(/C=C(/C#N)C(=O)Nc2ccc(Cl)cc2)cc1OCC. The molecular formula is C20H18BrClN2O3. The molecule has 0 aliphatic heterocycles. The second-order valence-corrected chi connectivity index (χ2v) is 6.61. The number of nitrogens with one attached hydrogen (secondary N) is 1. The van der Waals surface area contributed by atoms with Crippen molar-refractivity contribution in [3.05, 3.63) is 57.0 Å². The Kier molecular flexibility index (Phi) is 7.71. The van der Waals surface area contributed by atoms with E-state index in [9.17, 15) is 10.1 Å². The number of nitrogens with zero attached hydrogens (tertiary/aromatic N) is 1. The van der Waals surface area contributed by atoms with Crippen LogP contribution in [0.2, 0.25) is 5.02 Å². The summed E-state index contributed by atoms with van der Waals surface area (Å²) < 4.78 is 11.8. The Bertz CT molecular complexity index is 889. The minimum absolute atomic E-state index is 0.0442. The fourth-order valence-electron chi connectivity index (χ4n) is 2.23. The van der Waals surface area contributed by atoms with Gasteiger partial charge in [-0.15, -0.1) is 0 Å². The fourth-order valence-corrected chi connectivity index (χ4v) is 2.80. The Morgan fingerprint density at radius 2 is 1.78 bits per heavy atom. The molecule has 0 fully saturated rings. The van der Waals surface area contributed by atoms with E-state index in [1.807, 2.05) is 19.9 Å². The van der Waals surface area contributed by atoms with Crippen LogP contribution in [0.3, 0.4) is 0 Å². The van der Waals surface area contributed by atoms with Gasteiger partial charge >= 0.3 is 0 Å². The zero-order chi connectivity index (χ0) is 19.8. The lowest BCUT2D eigenvalue weighted by atomic mass is 10.1. The van der Waals surface area contributed by atoms with E-state index in [1.54, 1.807) is 36.4 Å². The van der Waals surface area contributed by atoms with E-state index < -0.39 is 5.91 Å². The molecule has 2 aromatic carbocycles. The lowest BCUT2D eigenvalue weighted by Crippen LogP contribution is -2.13. The molecule has 1 N–H and O–H groups in total. The van der Waals surface area contributed by atoms with Gasteiger partial charge in [0.15, 0.2) is 11.5 Å². The largest absolute Gasteiger partial charge is 0.490 e. The average Bonchev–Trinajstić information content (AvgIpc) is 2.65. The molecular weight excluding hydrogens is 432 g/mol. The normalized spacial score (nSPS) is 10.9. The van der Waals surface area contributed by atoms with Gasteiger partial charge < -0.3 is 14.8 Å². The molecule has 5 nitrogen and oxygen atoms in total. The predicted octanol–water partition coefficient (Wildman–Crippen LogP) is 5.45. The summed E-state index contributed by atoms with van der Waals surface area (Å²) in [5.41, 5.74) is 1.13. The number of hydrogen-bond donors (Lipinski definition) is 1. The van der Waals surface area contributed by atoms with Crippen LogP contribution in [0, 0.1) is 11.3 Å². The molecule has 0 aliphatic rings. The third-order valence-corrected chi connectivity index (χ3v) is 4.37. The monoisotopic (exact) mass is 448 g/mol. The van der Waals surface area contributed by atoms with Crippen LogP contribution in [0.15, 0.2) is 46.4 Å². The fraction of sp³-hybridized carbons (Fsp3) is 0.200. The third kappa shape index (κ3) is 5.75. The Hall–Kier alpha value is -2.49. The van der Waals surface area contributed by atoms with Crippen molar-refractivity contribution >= 4 is 45.2 Å². The van der Waals surface area contributed by atoms with Crippen LogP contribution in [0.1, 0.15) is 19.4 Å². The van der Waals surface area contributed by atoms with E-state index in [-0.39, 0.29) is 5.57 Å². The summed E-state index contributed by atoms with van der Waals surface area (Å²) >= 11 is 9.28. The maximum Gasteiger partial charge on any atom is 0.266 e. The summed E-state index contributed by atoms with van der Waals surface area (Å²) in [6.07, 6.45) is 1.49. The van der Waals surface area contributed by atoms with Gasteiger partial charge in [-0.3, -0.25) is 4.79 Å². The van der Waals surface area contributed by atoms with Gasteiger partial charge in [-0.1, -0.05) is 27.5 Å². The predicted molar refractivity (Wildman–Crippen MR) is 110 cm³/mol. The molecule has 27 heavy (non-hydrogen) atoms. The summed E-state index contributed by atoms with van der Waals surface area (Å²) in [6.45, 7) is 4.71. The van der Waals surface area contributed by atoms with Gasteiger partial charge in [0.05, 0.1) is 13.2 Å². The second-order valence-electron chi connectivity index (χ2n) is 5.32. The molecule has 0 atom stereocenters. The van der Waals surface area contributed by atoms with Crippen LogP contribution in [-0.2, 0) is 4.79 Å². The van der Waals surface area contributed by atoms with E-state index in [4.69, 9.17) is 21.1 Å². The van der Waals surface area contributed by atoms with E-state index in [0.717, 1.165) is 0 Å². The second kappa shape index (κ2) is 10.0. The molecule has 0 aromatic heterocycles. The van der Waals surface area contributed by atoms with E-state index in [2.05, 4.69) is 21.2 Å². The molecule has 0 spiro atoms. The number of hydrogen-bond acceptors (Lipinski definition) is 4. The Labute approximate surface area is 171 Å². The Balaban J connectivity index is 2.32. The average molecular weight is 450 g/mol. The highest BCUT2D eigenvalue weighted by Crippen LogP contribution is 2.35. The van der Waals surface area contributed by atoms with Crippen molar-refractivity contribution < 1.29 is 14.3 Å². The quantitative estimate of drug-likeness (QED) is 0.451. The van der Waals surface area contributed by atoms with Crippen molar-refractivity contribution in [2.75, 3.05) is 18.5 Å². The molecule has 0 unspecified atom stereocenters. The van der Waals surface area contributed by atoms with Gasteiger partial charge in [0.1, 0.15) is 11.6 Å². The molecule has 0 saturated carbocycles. The highest BCUT2D eigenvalue weighted by Gasteiger charge is 2.14. The number of benzene rings is 2. The number of ether oxygens (including phenoxy) is 2. The molecule has 1 amide bonds. The molecule has 0 radical (unpaired) electrons. The van der Waals surface area contributed by atoms with Crippen molar-refractivity contribution in [3.8, 4) is 17.6 Å². The molecule has 0 aliphatic carbocycles. The summed E-state index contributed by atoms with van der Waals surface area (Å²) in [7, 11) is 0. The first kappa shape index (κ1) is 20.8. The summed E-state index contributed by atoms with van der Waals surface area (Å²) in [4.78, 5) is 12.4. The van der Waals surface area contributed by atoms with Crippen molar-refractivity contribution in [3.63, 3.8) is 0 Å². The highest BCUT2D eigenvalue weighted by atomic mass is 79.9. The van der Waals surface area contributed by atoms with Crippen molar-refractivity contribution in [1.82, 2.24) is 0 Å². The standard InChI is InChI=1S/C20H18BrClN2O3/c1-3-26-18-10-13(17(21)11-19(18)27-4-2)9-14(12-23)20(25)24-16-7-5-15(22)6-8-16/h5-11H,3-4H2,1-2H3,(H,24,25)/b14-9-. The third-order valence-electron chi connectivity index (χ3n) is 3.43. The molecule has 2 rings (SSSR count). The smallest absolute Gasteiger partial charge is 0.266 e. The number of amides is 1. The molecule has 140 valence electrons. The number of anilines is 1. The van der Waals surface area contributed by atoms with E-state index in [1.165, 1.54) is 6.08 Å². The number of carbonyl (C=O) groups excluding carboxylic acids is 1. The van der Waals surface area contributed by atoms with E-state index >= 15 is 0 Å². The maximum absolute atomic E-state index is 12.4. The van der Waals surface area contributed by atoms with Crippen LogP contribution in [0.5, 0.6) is 11.5 Å². The molecule has 2 aromatic rings. The lowest BCUT2D eigenvalue weighted by molar-refractivity contribution is -0.112. The zero-order valence-corrected chi connectivity index (χ0v) is 17.2. The molecule has 7 heteroatoms. The van der Waals surface area contributed by atoms with Crippen LogP contribution in [0.4, 0.5) is 5.69 Å². The molecule has 0 saturated heterocycles. The summed E-state index contributed by atoms with van der Waals surface area (Å²) in [5.74, 6) is 0.621. The first-order valence-corrected chi connectivity index (χ1v) is 9.43. The van der Waals surface area contributed by atoms with Gasteiger partial charge in [0.2, 0.25) is 0 Å². The number of rotatable bonds is 7. The minimum atomic E-state index is -0.515. The van der Waals surface area contributed by atoms with Crippen LogP contribution in [0.25, 0.3) is 6.08 Å². The number of nitriles is 1. The van der Waals surface area contributed by atoms with Crippen molar-refractivity contribution in [2.24, 2.45) is 0 Å². The van der Waals surface area contributed by atoms with Crippen molar-refractivity contribution in [1.29, 1.82) is 5.26 Å². The van der Waals surface area contributed by atoms with Gasteiger partial charge in [-0.2, -0.15) is 5.26 Å². The Morgan fingerprint density at radius 3 is 2.33 bits per heavy atom. The van der Waals surface area contributed by atoms with Gasteiger partial charge in [0, 0.05) is 15.2 Å². The van der Waals surface area contributed by atoms with Crippen LogP contribution < -0.4 is 14.8 Å². The van der Waals surface area contributed by atoms with Gasteiger partial charge in [-0.05, 0) is 61.9 Å². The van der Waals surface area contributed by atoms with Gasteiger partial charge in [0.25, 0.3) is 5.91 Å². The zero-order valence-electron chi connectivity index (χ0n) is 14.9. The Morgan fingerprint density at radius 1 is 1.19 bits per heavy atom. The van der Waals surface area contributed by atoms with Crippen LogP contribution >= 0.6 is 27.5 Å². The highest BCUT2D eigenvalue weighted by molar-refractivity contribution is 9.10. The van der Waals surface area contributed by atoms with Crippen molar-refractivity contribution in [2.45, 2.75) is 13.8 Å². The topological polar surface area (TPSA) is 71.3 Å². The van der Waals surface area contributed by atoms with E-state index in [0.29, 0.717) is 45.5 Å². The van der Waals surface area contributed by atoms with Crippen LogP contribution in [-0.4, -0.2) is 19.1 Å². The maximum atomic E-state index is 12.4. The molecule has 0 bridgehead atoms. The first-order chi connectivity index (χ1) is 13.0. The van der Waals surface area contributed by atoms with Gasteiger partial charge in [-0.25, -0.2) is 0 Å². The summed E-state index contributed by atoms with van der Waals surface area (Å²) in [5, 5.41) is 12.6. The first-order valence-electron chi connectivity index (χ1n) is 8.26. The lowest BCUT2D eigenvalue weighted by Gasteiger charge is -2.13. The number of halogens is 2. The number of carbonyl (C=O) groups is 1. The molecule has 0 heterocycles. The summed E-state index contributed by atoms with van der Waals surface area (Å²) in [6, 6.07) is 12.1. The minimum Gasteiger partial charge on any atom is -0.490 e.